The lowest BCUT2D eigenvalue weighted by atomic mass is 10.3. The van der Waals surface area contributed by atoms with Gasteiger partial charge >= 0.3 is 0 Å². The summed E-state index contributed by atoms with van der Waals surface area (Å²) >= 11 is 4.86. The standard InChI is InChI=1S/C16H20BrN3O2S.ClH/c1-2-20(9-10-22-13-5-3-12(17)4-6-13)16(21)14-11-23-15(19-14)7-8-18;/h3-6,11H,2,7-10,18H2,1H3;1H. The molecule has 0 spiro atoms. The molecule has 2 rings (SSSR count). The zero-order valence-electron chi connectivity index (χ0n) is 13.4. The van der Waals surface area contributed by atoms with Gasteiger partial charge in [0.2, 0.25) is 0 Å². The summed E-state index contributed by atoms with van der Waals surface area (Å²) in [6, 6.07) is 7.63. The second kappa shape index (κ2) is 10.7. The van der Waals surface area contributed by atoms with E-state index in [4.69, 9.17) is 10.5 Å². The van der Waals surface area contributed by atoms with Gasteiger partial charge < -0.3 is 15.4 Å². The topological polar surface area (TPSA) is 68.5 Å². The molecule has 5 nitrogen and oxygen atoms in total. The predicted molar refractivity (Wildman–Crippen MR) is 103 cm³/mol. The largest absolute Gasteiger partial charge is 0.492 e. The molecule has 0 fully saturated rings. The number of likely N-dealkylation sites (N-methyl/N-ethyl adjacent to an activating group) is 1. The highest BCUT2D eigenvalue weighted by Crippen LogP contribution is 2.16. The SMILES string of the molecule is CCN(CCOc1ccc(Br)cc1)C(=O)c1csc(CCN)n1.Cl. The highest BCUT2D eigenvalue weighted by Gasteiger charge is 2.17. The van der Waals surface area contributed by atoms with Crippen LogP contribution in [-0.4, -0.2) is 42.0 Å². The molecule has 1 aromatic carbocycles. The van der Waals surface area contributed by atoms with Crippen molar-refractivity contribution in [3.63, 3.8) is 0 Å². The molecule has 2 N–H and O–H groups in total. The van der Waals surface area contributed by atoms with Gasteiger partial charge in [-0.25, -0.2) is 4.98 Å². The highest BCUT2D eigenvalue weighted by molar-refractivity contribution is 9.10. The Bertz CT molecular complexity index is 637. The number of thiazole rings is 1. The van der Waals surface area contributed by atoms with Gasteiger partial charge in [0.1, 0.15) is 18.1 Å². The normalized spacial score (nSPS) is 10.1. The number of nitrogens with two attached hydrogens (primary N) is 1. The number of hydrogen-bond acceptors (Lipinski definition) is 5. The smallest absolute Gasteiger partial charge is 0.273 e. The van der Waals surface area contributed by atoms with Gasteiger partial charge in [0.05, 0.1) is 11.6 Å². The highest BCUT2D eigenvalue weighted by atomic mass is 79.9. The summed E-state index contributed by atoms with van der Waals surface area (Å²) in [4.78, 5) is 18.5. The van der Waals surface area contributed by atoms with Crippen molar-refractivity contribution in [1.29, 1.82) is 0 Å². The van der Waals surface area contributed by atoms with Crippen LogP contribution in [-0.2, 0) is 6.42 Å². The maximum absolute atomic E-state index is 12.5. The number of amides is 1. The van der Waals surface area contributed by atoms with Crippen LogP contribution in [0, 0.1) is 0 Å². The third-order valence-corrected chi connectivity index (χ3v) is 4.68. The van der Waals surface area contributed by atoms with Crippen molar-refractivity contribution in [2.75, 3.05) is 26.2 Å². The van der Waals surface area contributed by atoms with Crippen molar-refractivity contribution in [3.05, 3.63) is 44.8 Å². The lowest BCUT2D eigenvalue weighted by Crippen LogP contribution is -2.34. The number of aromatic nitrogens is 1. The van der Waals surface area contributed by atoms with Crippen LogP contribution in [0.2, 0.25) is 0 Å². The number of ether oxygens (including phenoxy) is 1. The number of halogens is 2. The molecule has 0 aliphatic rings. The summed E-state index contributed by atoms with van der Waals surface area (Å²) in [5.74, 6) is 0.724. The van der Waals surface area contributed by atoms with E-state index in [1.165, 1.54) is 11.3 Å². The third-order valence-electron chi connectivity index (χ3n) is 3.24. The van der Waals surface area contributed by atoms with Crippen LogP contribution in [0.15, 0.2) is 34.1 Å². The second-order valence-electron chi connectivity index (χ2n) is 4.85. The molecular formula is C16H21BrClN3O2S. The van der Waals surface area contributed by atoms with E-state index in [0.29, 0.717) is 38.4 Å². The Balaban J connectivity index is 0.00000288. The molecular weight excluding hydrogens is 414 g/mol. The minimum atomic E-state index is -0.0635. The van der Waals surface area contributed by atoms with E-state index in [0.717, 1.165) is 15.2 Å². The van der Waals surface area contributed by atoms with E-state index in [2.05, 4.69) is 20.9 Å². The Kier molecular flexibility index (Phi) is 9.28. The van der Waals surface area contributed by atoms with E-state index < -0.39 is 0 Å². The summed E-state index contributed by atoms with van der Waals surface area (Å²) in [7, 11) is 0. The van der Waals surface area contributed by atoms with E-state index in [9.17, 15) is 4.79 Å². The first-order chi connectivity index (χ1) is 11.1. The van der Waals surface area contributed by atoms with Gasteiger partial charge in [-0.15, -0.1) is 23.7 Å². The van der Waals surface area contributed by atoms with E-state index in [-0.39, 0.29) is 18.3 Å². The minimum absolute atomic E-state index is 0. The van der Waals surface area contributed by atoms with Gasteiger partial charge in [-0.2, -0.15) is 0 Å². The van der Waals surface area contributed by atoms with Crippen molar-refractivity contribution < 1.29 is 9.53 Å². The van der Waals surface area contributed by atoms with Crippen LogP contribution >= 0.6 is 39.7 Å². The first-order valence-electron chi connectivity index (χ1n) is 7.46. The fourth-order valence-corrected chi connectivity index (χ4v) is 3.07. The zero-order valence-corrected chi connectivity index (χ0v) is 16.6. The third kappa shape index (κ3) is 6.05. The van der Waals surface area contributed by atoms with Gasteiger partial charge in [0.25, 0.3) is 5.91 Å². The number of hydrogen-bond donors (Lipinski definition) is 1. The molecule has 0 radical (unpaired) electrons. The molecule has 1 aromatic heterocycles. The number of nitrogens with zero attached hydrogens (tertiary/aromatic N) is 2. The van der Waals surface area contributed by atoms with Crippen LogP contribution in [0.25, 0.3) is 0 Å². The molecule has 8 heteroatoms. The summed E-state index contributed by atoms with van der Waals surface area (Å²) in [6.07, 6.45) is 0.705. The van der Waals surface area contributed by atoms with Gasteiger partial charge in [-0.05, 0) is 37.7 Å². The Hall–Kier alpha value is -1.15. The molecule has 0 atom stereocenters. The second-order valence-corrected chi connectivity index (χ2v) is 6.71. The molecule has 1 heterocycles. The Morgan fingerprint density at radius 3 is 2.71 bits per heavy atom. The minimum Gasteiger partial charge on any atom is -0.492 e. The molecule has 132 valence electrons. The summed E-state index contributed by atoms with van der Waals surface area (Å²) in [5.41, 5.74) is 6.00. The first kappa shape index (κ1) is 20.9. The molecule has 24 heavy (non-hydrogen) atoms. The lowest BCUT2D eigenvalue weighted by Gasteiger charge is -2.20. The van der Waals surface area contributed by atoms with Crippen molar-refractivity contribution in [1.82, 2.24) is 9.88 Å². The fourth-order valence-electron chi connectivity index (χ4n) is 2.02. The van der Waals surface area contributed by atoms with Crippen molar-refractivity contribution in [3.8, 4) is 5.75 Å². The summed E-state index contributed by atoms with van der Waals surface area (Å²) in [5, 5.41) is 2.70. The van der Waals surface area contributed by atoms with E-state index >= 15 is 0 Å². The summed E-state index contributed by atoms with van der Waals surface area (Å²) < 4.78 is 6.68. The van der Waals surface area contributed by atoms with E-state index in [1.54, 1.807) is 10.3 Å². The number of carbonyl (C=O) groups excluding carboxylic acids is 1. The average molecular weight is 435 g/mol. The molecule has 0 saturated heterocycles. The van der Waals surface area contributed by atoms with Crippen LogP contribution in [0.4, 0.5) is 0 Å². The Labute approximate surface area is 160 Å². The van der Waals surface area contributed by atoms with Crippen LogP contribution in [0.3, 0.4) is 0 Å². The van der Waals surface area contributed by atoms with Crippen molar-refractivity contribution in [2.24, 2.45) is 5.73 Å². The maximum Gasteiger partial charge on any atom is 0.273 e. The van der Waals surface area contributed by atoms with Gasteiger partial charge in [-0.1, -0.05) is 15.9 Å². The monoisotopic (exact) mass is 433 g/mol. The zero-order chi connectivity index (χ0) is 16.7. The Morgan fingerprint density at radius 1 is 1.38 bits per heavy atom. The van der Waals surface area contributed by atoms with Crippen LogP contribution in [0.5, 0.6) is 5.75 Å². The van der Waals surface area contributed by atoms with Gasteiger partial charge in [-0.3, -0.25) is 4.79 Å². The predicted octanol–water partition coefficient (Wildman–Crippen LogP) is 3.37. The number of rotatable bonds is 8. The van der Waals surface area contributed by atoms with Gasteiger partial charge in [0, 0.05) is 22.8 Å². The molecule has 1 amide bonds. The molecule has 0 unspecified atom stereocenters. The van der Waals surface area contributed by atoms with Crippen LogP contribution < -0.4 is 10.5 Å². The average Bonchev–Trinajstić information content (AvgIpc) is 3.02. The Morgan fingerprint density at radius 2 is 2.08 bits per heavy atom. The number of benzene rings is 1. The van der Waals surface area contributed by atoms with Crippen LogP contribution in [0.1, 0.15) is 22.4 Å². The molecule has 2 aromatic rings. The fraction of sp³-hybridized carbons (Fsp3) is 0.375. The molecule has 0 saturated carbocycles. The molecule has 0 bridgehead atoms. The summed E-state index contributed by atoms with van der Waals surface area (Å²) in [6.45, 7) is 4.08. The maximum atomic E-state index is 12.5. The van der Waals surface area contributed by atoms with Crippen molar-refractivity contribution in [2.45, 2.75) is 13.3 Å². The van der Waals surface area contributed by atoms with Crippen molar-refractivity contribution >= 4 is 45.6 Å². The quantitative estimate of drug-likeness (QED) is 0.691. The lowest BCUT2D eigenvalue weighted by molar-refractivity contribution is 0.0734. The molecule has 0 aliphatic carbocycles. The van der Waals surface area contributed by atoms with Gasteiger partial charge in [0.15, 0.2) is 0 Å². The molecule has 0 aliphatic heterocycles. The van der Waals surface area contributed by atoms with E-state index in [1.807, 2.05) is 31.2 Å². The first-order valence-corrected chi connectivity index (χ1v) is 9.13. The number of carbonyl (C=O) groups is 1.